The predicted octanol–water partition coefficient (Wildman–Crippen LogP) is 6.26. The predicted molar refractivity (Wildman–Crippen MR) is 105 cm³/mol. The molecule has 1 heteroatoms. The number of benzene rings is 3. The van der Waals surface area contributed by atoms with E-state index in [9.17, 15) is 0 Å². The number of fused-ring (bicyclic) bond motifs is 4. The van der Waals surface area contributed by atoms with E-state index in [0.717, 1.165) is 12.8 Å². The summed E-state index contributed by atoms with van der Waals surface area (Å²) in [6.07, 6.45) is 2.06. The van der Waals surface area contributed by atoms with Gasteiger partial charge in [-0.1, -0.05) is 69.3 Å². The van der Waals surface area contributed by atoms with Crippen LogP contribution in [0, 0.1) is 0 Å². The van der Waals surface area contributed by atoms with E-state index < -0.39 is 0 Å². The number of nitrogens with zero attached hydrogens (tertiary/aromatic N) is 1. The van der Waals surface area contributed by atoms with Crippen LogP contribution in [-0.2, 0) is 18.3 Å². The molecule has 2 aliphatic rings. The number of hydrogen-bond acceptors (Lipinski definition) is 1. The van der Waals surface area contributed by atoms with E-state index in [-0.39, 0.29) is 5.41 Å². The van der Waals surface area contributed by atoms with E-state index in [1.165, 1.54) is 44.9 Å². The molecule has 124 valence electrons. The van der Waals surface area contributed by atoms with Gasteiger partial charge >= 0.3 is 0 Å². The second-order valence-electron chi connectivity index (χ2n) is 8.34. The van der Waals surface area contributed by atoms with Gasteiger partial charge in [-0.05, 0) is 45.4 Å². The van der Waals surface area contributed by atoms with Gasteiger partial charge in [0.15, 0.2) is 0 Å². The summed E-state index contributed by atoms with van der Waals surface area (Å²) in [5.74, 6) is 0. The monoisotopic (exact) mass is 325 g/mol. The zero-order valence-corrected chi connectivity index (χ0v) is 15.1. The third-order valence-electron chi connectivity index (χ3n) is 5.58. The van der Waals surface area contributed by atoms with E-state index in [2.05, 4.69) is 86.3 Å². The van der Waals surface area contributed by atoms with Gasteiger partial charge in [-0.15, -0.1) is 0 Å². The van der Waals surface area contributed by atoms with Crippen LogP contribution in [0.3, 0.4) is 0 Å². The molecule has 0 fully saturated rings. The largest absolute Gasteiger partial charge is 0.309 e. The van der Waals surface area contributed by atoms with Crippen molar-refractivity contribution in [1.82, 2.24) is 0 Å². The molecule has 0 amide bonds. The number of hydrogen-bond donors (Lipinski definition) is 0. The van der Waals surface area contributed by atoms with E-state index in [1.54, 1.807) is 0 Å². The van der Waals surface area contributed by atoms with E-state index in [4.69, 9.17) is 0 Å². The van der Waals surface area contributed by atoms with Crippen LogP contribution in [-0.4, -0.2) is 0 Å². The third kappa shape index (κ3) is 2.15. The highest BCUT2D eigenvalue weighted by molar-refractivity contribution is 5.89. The summed E-state index contributed by atoms with van der Waals surface area (Å²) < 4.78 is 0. The molecule has 0 atom stereocenters. The van der Waals surface area contributed by atoms with Crippen molar-refractivity contribution in [3.8, 4) is 0 Å². The highest BCUT2D eigenvalue weighted by Gasteiger charge is 2.32. The lowest BCUT2D eigenvalue weighted by Crippen LogP contribution is -2.26. The van der Waals surface area contributed by atoms with E-state index in [0.29, 0.717) is 0 Å². The van der Waals surface area contributed by atoms with Gasteiger partial charge in [0.1, 0.15) is 0 Å². The molecule has 2 heterocycles. The Hall–Kier alpha value is -2.54. The van der Waals surface area contributed by atoms with Gasteiger partial charge in [-0.2, -0.15) is 0 Å². The first-order valence-electron chi connectivity index (χ1n) is 9.14. The maximum absolute atomic E-state index is 2.49. The van der Waals surface area contributed by atoms with E-state index in [1.807, 2.05) is 0 Å². The Balaban J connectivity index is 1.83. The molecule has 0 N–H and O–H groups in total. The molecule has 3 aromatic carbocycles. The van der Waals surface area contributed by atoms with Gasteiger partial charge < -0.3 is 4.90 Å². The van der Waals surface area contributed by atoms with Crippen molar-refractivity contribution in [1.29, 1.82) is 0 Å². The molecule has 0 aromatic heterocycles. The Morgan fingerprint density at radius 1 is 0.680 bits per heavy atom. The number of anilines is 3. The maximum atomic E-state index is 2.49. The molecule has 0 saturated carbocycles. The molecule has 3 aromatic rings. The molecular formula is C24H23N. The molecule has 0 unspecified atom stereocenters. The average molecular weight is 325 g/mol. The van der Waals surface area contributed by atoms with Crippen LogP contribution in [0.1, 0.15) is 48.6 Å². The summed E-state index contributed by atoms with van der Waals surface area (Å²) >= 11 is 0. The fraction of sp³-hybridized carbons (Fsp3) is 0.250. The fourth-order valence-electron chi connectivity index (χ4n) is 4.29. The Kier molecular flexibility index (Phi) is 2.94. The van der Waals surface area contributed by atoms with Gasteiger partial charge in [-0.25, -0.2) is 0 Å². The van der Waals surface area contributed by atoms with Crippen molar-refractivity contribution in [2.75, 3.05) is 4.90 Å². The lowest BCUT2D eigenvalue weighted by Gasteiger charge is -2.40. The van der Waals surface area contributed by atoms with Crippen molar-refractivity contribution in [2.24, 2.45) is 0 Å². The Bertz CT molecular complexity index is 920. The average Bonchev–Trinajstić information content (AvgIpc) is 2.60. The Labute approximate surface area is 149 Å². The molecule has 1 nitrogen and oxygen atoms in total. The summed E-state index contributed by atoms with van der Waals surface area (Å²) in [6.45, 7) is 6.94. The lowest BCUT2D eigenvalue weighted by atomic mass is 9.79. The van der Waals surface area contributed by atoms with Crippen LogP contribution < -0.4 is 4.90 Å². The van der Waals surface area contributed by atoms with Gasteiger partial charge in [0, 0.05) is 24.2 Å². The minimum absolute atomic E-state index is 0.171. The Morgan fingerprint density at radius 2 is 1.16 bits per heavy atom. The van der Waals surface area contributed by atoms with Gasteiger partial charge in [0.2, 0.25) is 0 Å². The molecule has 0 bridgehead atoms. The number of rotatable bonds is 0. The van der Waals surface area contributed by atoms with Crippen LogP contribution in [0.25, 0.3) is 0 Å². The van der Waals surface area contributed by atoms with Gasteiger partial charge in [-0.3, -0.25) is 0 Å². The molecular weight excluding hydrogens is 302 g/mol. The zero-order valence-electron chi connectivity index (χ0n) is 15.1. The first kappa shape index (κ1) is 14.8. The summed E-state index contributed by atoms with van der Waals surface area (Å²) in [7, 11) is 0. The second kappa shape index (κ2) is 4.98. The van der Waals surface area contributed by atoms with Gasteiger partial charge in [0.25, 0.3) is 0 Å². The lowest BCUT2D eigenvalue weighted by molar-refractivity contribution is 0.588. The fourth-order valence-corrected chi connectivity index (χ4v) is 4.29. The highest BCUT2D eigenvalue weighted by atomic mass is 15.2. The molecule has 5 rings (SSSR count). The summed E-state index contributed by atoms with van der Waals surface area (Å²) in [6, 6.07) is 22.6. The van der Waals surface area contributed by atoms with Crippen molar-refractivity contribution in [2.45, 2.75) is 39.0 Å². The quantitative estimate of drug-likeness (QED) is 0.325. The third-order valence-corrected chi connectivity index (χ3v) is 5.58. The highest BCUT2D eigenvalue weighted by Crippen LogP contribution is 2.51. The Morgan fingerprint density at radius 3 is 1.64 bits per heavy atom. The standard InChI is InChI=1S/C24H23N/c1-24(2,3)20-14-18-12-16-8-4-6-10-21(16)25-22-11-7-5-9-17(22)13-19(15-20)23(18)25/h4-11,14-15H,12-13H2,1-3H3. The first-order chi connectivity index (χ1) is 12.0. The zero-order chi connectivity index (χ0) is 17.2. The minimum Gasteiger partial charge on any atom is -0.309 e. The van der Waals surface area contributed by atoms with Gasteiger partial charge in [0.05, 0.1) is 5.69 Å². The summed E-state index contributed by atoms with van der Waals surface area (Å²) in [5, 5.41) is 0. The first-order valence-corrected chi connectivity index (χ1v) is 9.14. The van der Waals surface area contributed by atoms with Crippen molar-refractivity contribution >= 4 is 17.1 Å². The SMILES string of the molecule is CC(C)(C)c1cc2c3c(c1)Cc1ccccc1N3c1ccccc1C2. The smallest absolute Gasteiger partial charge is 0.0532 e. The van der Waals surface area contributed by atoms with Crippen LogP contribution in [0.15, 0.2) is 60.7 Å². The molecule has 25 heavy (non-hydrogen) atoms. The molecule has 0 saturated heterocycles. The molecule has 0 aliphatic carbocycles. The normalized spacial score (nSPS) is 14.6. The second-order valence-corrected chi connectivity index (χ2v) is 8.34. The van der Waals surface area contributed by atoms with Crippen LogP contribution >= 0.6 is 0 Å². The van der Waals surface area contributed by atoms with Crippen LogP contribution in [0.2, 0.25) is 0 Å². The summed E-state index contributed by atoms with van der Waals surface area (Å²) in [4.78, 5) is 2.49. The van der Waals surface area contributed by atoms with Crippen LogP contribution in [0.5, 0.6) is 0 Å². The molecule has 0 spiro atoms. The van der Waals surface area contributed by atoms with Crippen molar-refractivity contribution in [3.63, 3.8) is 0 Å². The summed E-state index contributed by atoms with van der Waals surface area (Å²) in [5.41, 5.74) is 11.5. The van der Waals surface area contributed by atoms with Crippen LogP contribution in [0.4, 0.5) is 17.1 Å². The maximum Gasteiger partial charge on any atom is 0.0532 e. The number of para-hydroxylation sites is 2. The van der Waals surface area contributed by atoms with E-state index >= 15 is 0 Å². The molecule has 2 aliphatic heterocycles. The molecule has 0 radical (unpaired) electrons. The van der Waals surface area contributed by atoms with Crippen molar-refractivity contribution < 1.29 is 0 Å². The minimum atomic E-state index is 0.171. The van der Waals surface area contributed by atoms with Crippen molar-refractivity contribution in [3.05, 3.63) is 88.5 Å². The topological polar surface area (TPSA) is 3.24 Å².